The van der Waals surface area contributed by atoms with Crippen molar-refractivity contribution in [2.45, 2.75) is 38.7 Å². The van der Waals surface area contributed by atoms with Crippen molar-refractivity contribution in [3.05, 3.63) is 29.8 Å². The number of hydrogen-bond acceptors (Lipinski definition) is 3. The van der Waals surface area contributed by atoms with Gasteiger partial charge >= 0.3 is 0 Å². The molecule has 1 aromatic rings. The van der Waals surface area contributed by atoms with E-state index in [4.69, 9.17) is 4.74 Å². The average Bonchev–Trinajstić information content (AvgIpc) is 2.58. The second kappa shape index (κ2) is 9.40. The van der Waals surface area contributed by atoms with Gasteiger partial charge in [-0.05, 0) is 50.3 Å². The summed E-state index contributed by atoms with van der Waals surface area (Å²) in [4.78, 5) is 6.71. The summed E-state index contributed by atoms with van der Waals surface area (Å²) in [6.07, 6.45) is 4.59. The third-order valence-electron chi connectivity index (χ3n) is 4.22. The first-order valence-electron chi connectivity index (χ1n) is 8.58. The molecule has 0 radical (unpaired) electrons. The third-order valence-corrected chi connectivity index (χ3v) is 4.22. The number of phenolic OH excluding ortho intramolecular Hbond substituents is 1. The number of guanidine groups is 1. The highest BCUT2D eigenvalue weighted by Crippen LogP contribution is 2.14. The summed E-state index contributed by atoms with van der Waals surface area (Å²) in [5, 5.41) is 12.7. The van der Waals surface area contributed by atoms with Crippen molar-refractivity contribution in [3.8, 4) is 5.75 Å². The highest BCUT2D eigenvalue weighted by molar-refractivity contribution is 5.79. The van der Waals surface area contributed by atoms with E-state index in [0.717, 1.165) is 57.9 Å². The van der Waals surface area contributed by atoms with Crippen molar-refractivity contribution in [1.82, 2.24) is 10.2 Å². The van der Waals surface area contributed by atoms with Crippen molar-refractivity contribution in [3.63, 3.8) is 0 Å². The monoisotopic (exact) mass is 319 g/mol. The molecule has 1 aromatic carbocycles. The van der Waals surface area contributed by atoms with Gasteiger partial charge in [-0.1, -0.05) is 12.1 Å². The lowest BCUT2D eigenvalue weighted by atomic mass is 10.1. The van der Waals surface area contributed by atoms with Gasteiger partial charge in [0.2, 0.25) is 0 Å². The van der Waals surface area contributed by atoms with E-state index in [1.165, 1.54) is 5.56 Å². The highest BCUT2D eigenvalue weighted by atomic mass is 16.5. The molecular formula is C18H29N3O2. The minimum absolute atomic E-state index is 0.322. The first-order chi connectivity index (χ1) is 11.2. The number of rotatable bonds is 6. The van der Waals surface area contributed by atoms with Crippen LogP contribution in [0.2, 0.25) is 0 Å². The van der Waals surface area contributed by atoms with E-state index in [0.29, 0.717) is 11.9 Å². The maximum atomic E-state index is 9.29. The number of phenols is 1. The largest absolute Gasteiger partial charge is 0.508 e. The van der Waals surface area contributed by atoms with Crippen LogP contribution in [0.4, 0.5) is 0 Å². The predicted molar refractivity (Wildman–Crippen MR) is 94.0 cm³/mol. The van der Waals surface area contributed by atoms with E-state index < -0.39 is 0 Å². The zero-order chi connectivity index (χ0) is 16.5. The van der Waals surface area contributed by atoms with E-state index >= 15 is 0 Å². The Balaban J connectivity index is 1.68. The van der Waals surface area contributed by atoms with E-state index in [-0.39, 0.29) is 0 Å². The van der Waals surface area contributed by atoms with Gasteiger partial charge in [0.1, 0.15) is 5.75 Å². The van der Waals surface area contributed by atoms with Crippen LogP contribution in [0.25, 0.3) is 0 Å². The minimum atomic E-state index is 0.322. The molecule has 1 heterocycles. The molecular weight excluding hydrogens is 290 g/mol. The number of nitrogens with one attached hydrogen (secondary N) is 1. The number of nitrogens with zero attached hydrogens (tertiary/aromatic N) is 2. The minimum Gasteiger partial charge on any atom is -0.508 e. The number of likely N-dealkylation sites (tertiary alicyclic amines) is 1. The summed E-state index contributed by atoms with van der Waals surface area (Å²) in [6, 6.07) is 7.43. The smallest absolute Gasteiger partial charge is 0.193 e. The molecule has 128 valence electrons. The second-order valence-corrected chi connectivity index (χ2v) is 5.89. The van der Waals surface area contributed by atoms with Gasteiger partial charge in [0.25, 0.3) is 0 Å². The van der Waals surface area contributed by atoms with Crippen LogP contribution in [0.3, 0.4) is 0 Å². The molecule has 1 fully saturated rings. The van der Waals surface area contributed by atoms with Gasteiger partial charge in [-0.2, -0.15) is 0 Å². The van der Waals surface area contributed by atoms with Gasteiger partial charge in [0.05, 0.1) is 6.10 Å². The van der Waals surface area contributed by atoms with Crippen LogP contribution in [0, 0.1) is 0 Å². The van der Waals surface area contributed by atoms with Gasteiger partial charge in [-0.3, -0.25) is 4.99 Å². The topological polar surface area (TPSA) is 57.1 Å². The standard InChI is InChI=1S/C18H29N3O2/c1-3-23-17-10-13-21(14-11-17)18(19-2)20-12-4-5-15-6-8-16(22)9-7-15/h6-9,17,22H,3-5,10-14H2,1-2H3,(H,19,20). The molecule has 5 heteroatoms. The number of piperidine rings is 1. The van der Waals surface area contributed by atoms with Gasteiger partial charge in [-0.25, -0.2) is 0 Å². The Bertz CT molecular complexity index is 480. The van der Waals surface area contributed by atoms with Crippen molar-refractivity contribution in [2.24, 2.45) is 4.99 Å². The zero-order valence-corrected chi connectivity index (χ0v) is 14.3. The maximum absolute atomic E-state index is 9.29. The van der Waals surface area contributed by atoms with Crippen LogP contribution in [0.15, 0.2) is 29.3 Å². The summed E-state index contributed by atoms with van der Waals surface area (Å²) in [7, 11) is 1.84. The first kappa shape index (κ1) is 17.6. The van der Waals surface area contributed by atoms with Gasteiger partial charge in [-0.15, -0.1) is 0 Å². The Morgan fingerprint density at radius 3 is 2.61 bits per heavy atom. The molecule has 0 aliphatic carbocycles. The fourth-order valence-corrected chi connectivity index (χ4v) is 2.96. The molecule has 0 spiro atoms. The lowest BCUT2D eigenvalue weighted by Gasteiger charge is -2.34. The molecule has 1 aliphatic rings. The Hall–Kier alpha value is -1.75. The number of hydrogen-bond donors (Lipinski definition) is 2. The summed E-state index contributed by atoms with van der Waals surface area (Å²) >= 11 is 0. The molecule has 2 N–H and O–H groups in total. The Kier molecular flexibility index (Phi) is 7.20. The molecule has 2 rings (SSSR count). The van der Waals surface area contributed by atoms with Crippen molar-refractivity contribution in [1.29, 1.82) is 0 Å². The number of ether oxygens (including phenoxy) is 1. The van der Waals surface area contributed by atoms with Crippen LogP contribution in [-0.4, -0.2) is 55.4 Å². The fourth-order valence-electron chi connectivity index (χ4n) is 2.96. The summed E-state index contributed by atoms with van der Waals surface area (Å²) < 4.78 is 5.70. The molecule has 0 amide bonds. The molecule has 1 aliphatic heterocycles. The molecule has 0 aromatic heterocycles. The van der Waals surface area contributed by atoms with E-state index in [2.05, 4.69) is 22.1 Å². The molecule has 5 nitrogen and oxygen atoms in total. The van der Waals surface area contributed by atoms with Gasteiger partial charge in [0, 0.05) is 33.3 Å². The lowest BCUT2D eigenvalue weighted by molar-refractivity contribution is 0.0264. The predicted octanol–water partition coefficient (Wildman–Crippen LogP) is 2.40. The van der Waals surface area contributed by atoms with Crippen LogP contribution in [0.5, 0.6) is 5.75 Å². The highest BCUT2D eigenvalue weighted by Gasteiger charge is 2.21. The zero-order valence-electron chi connectivity index (χ0n) is 14.3. The van der Waals surface area contributed by atoms with Crippen LogP contribution in [0.1, 0.15) is 31.7 Å². The third kappa shape index (κ3) is 5.75. The molecule has 0 saturated carbocycles. The SMILES string of the molecule is CCOC1CCN(C(=NC)NCCCc2ccc(O)cc2)CC1. The van der Waals surface area contributed by atoms with E-state index in [1.54, 1.807) is 12.1 Å². The number of aromatic hydroxyl groups is 1. The number of benzene rings is 1. The van der Waals surface area contributed by atoms with Crippen LogP contribution in [-0.2, 0) is 11.2 Å². The molecule has 0 atom stereocenters. The summed E-state index contributed by atoms with van der Waals surface area (Å²) in [5.74, 6) is 1.31. The van der Waals surface area contributed by atoms with Crippen molar-refractivity contribution >= 4 is 5.96 Å². The average molecular weight is 319 g/mol. The van der Waals surface area contributed by atoms with Gasteiger partial charge < -0.3 is 20.1 Å². The normalized spacial score (nSPS) is 16.6. The Morgan fingerprint density at radius 1 is 1.30 bits per heavy atom. The van der Waals surface area contributed by atoms with E-state index in [9.17, 15) is 5.11 Å². The van der Waals surface area contributed by atoms with Crippen LogP contribution < -0.4 is 5.32 Å². The van der Waals surface area contributed by atoms with E-state index in [1.807, 2.05) is 19.2 Å². The van der Waals surface area contributed by atoms with Crippen molar-refractivity contribution < 1.29 is 9.84 Å². The molecule has 0 bridgehead atoms. The molecule has 0 unspecified atom stereocenters. The number of aryl methyl sites for hydroxylation is 1. The quantitative estimate of drug-likeness (QED) is 0.480. The molecule has 23 heavy (non-hydrogen) atoms. The van der Waals surface area contributed by atoms with Crippen molar-refractivity contribution in [2.75, 3.05) is 33.3 Å². The fraction of sp³-hybridized carbons (Fsp3) is 0.611. The lowest BCUT2D eigenvalue weighted by Crippen LogP contribution is -2.47. The first-order valence-corrected chi connectivity index (χ1v) is 8.58. The Morgan fingerprint density at radius 2 is 2.00 bits per heavy atom. The van der Waals surface area contributed by atoms with Crippen LogP contribution >= 0.6 is 0 Å². The Labute approximate surface area is 139 Å². The van der Waals surface area contributed by atoms with Gasteiger partial charge in [0.15, 0.2) is 5.96 Å². The maximum Gasteiger partial charge on any atom is 0.193 e. The summed E-state index contributed by atoms with van der Waals surface area (Å²) in [6.45, 7) is 5.76. The molecule has 1 saturated heterocycles. The number of aliphatic imine (C=N–C) groups is 1. The second-order valence-electron chi connectivity index (χ2n) is 5.89. The summed E-state index contributed by atoms with van der Waals surface area (Å²) in [5.41, 5.74) is 1.25.